The van der Waals surface area contributed by atoms with E-state index in [4.69, 9.17) is 5.26 Å². The number of nitriles is 1. The zero-order valence-electron chi connectivity index (χ0n) is 5.83. The quantitative estimate of drug-likeness (QED) is 0.516. The van der Waals surface area contributed by atoms with Gasteiger partial charge in [0.05, 0.1) is 11.6 Å². The predicted octanol–water partition coefficient (Wildman–Crippen LogP) is 0.936. The van der Waals surface area contributed by atoms with Crippen LogP contribution in [0.5, 0.6) is 0 Å². The van der Waals surface area contributed by atoms with Crippen LogP contribution in [0.3, 0.4) is 0 Å². The van der Waals surface area contributed by atoms with Crippen LogP contribution in [-0.4, -0.2) is 7.28 Å². The van der Waals surface area contributed by atoms with Gasteiger partial charge in [0.25, 0.3) is 0 Å². The highest BCUT2D eigenvalue weighted by atomic mass is 14.2. The lowest BCUT2D eigenvalue weighted by Crippen LogP contribution is -2.09. The van der Waals surface area contributed by atoms with Crippen molar-refractivity contribution in [3.63, 3.8) is 0 Å². The molecule has 1 aromatic carbocycles. The van der Waals surface area contributed by atoms with E-state index >= 15 is 0 Å². The Balaban J connectivity index is 3.01. The third-order valence-corrected chi connectivity index (χ3v) is 1.35. The molecule has 47 valence electrons. The van der Waals surface area contributed by atoms with E-state index in [2.05, 4.69) is 6.07 Å². The first-order valence-corrected chi connectivity index (χ1v) is 3.16. The van der Waals surface area contributed by atoms with Crippen LogP contribution in [-0.2, 0) is 0 Å². The number of rotatable bonds is 1. The Morgan fingerprint density at radius 1 is 1.50 bits per heavy atom. The summed E-state index contributed by atoms with van der Waals surface area (Å²) < 4.78 is 0. The summed E-state index contributed by atoms with van der Waals surface area (Å²) in [7, 11) is 1.97. The summed E-state index contributed by atoms with van der Waals surface area (Å²) in [4.78, 5) is 0. The standard InChI is InChI=1S/C8H7BN/c1-9-8-4-2-3-7(5-8)6-10/h2-5H,1H3. The maximum atomic E-state index is 8.49. The predicted molar refractivity (Wildman–Crippen MR) is 42.4 cm³/mol. The number of hydrogen-bond acceptors (Lipinski definition) is 1. The van der Waals surface area contributed by atoms with Gasteiger partial charge in [-0.2, -0.15) is 5.26 Å². The maximum Gasteiger partial charge on any atom is 0.148 e. The SMILES string of the molecule is C[B]c1cccc(C#N)c1. The molecule has 0 N–H and O–H groups in total. The highest BCUT2D eigenvalue weighted by Crippen LogP contribution is 1.92. The molecule has 0 bridgehead atoms. The summed E-state index contributed by atoms with van der Waals surface area (Å²) in [6, 6.07) is 9.60. The van der Waals surface area contributed by atoms with Gasteiger partial charge in [-0.15, -0.1) is 0 Å². The Morgan fingerprint density at radius 3 is 2.90 bits per heavy atom. The molecule has 1 radical (unpaired) electrons. The smallest absolute Gasteiger partial charge is 0.148 e. The van der Waals surface area contributed by atoms with Crippen LogP contribution < -0.4 is 5.46 Å². The van der Waals surface area contributed by atoms with Crippen LogP contribution >= 0.6 is 0 Å². The molecule has 1 rings (SSSR count). The van der Waals surface area contributed by atoms with Crippen LogP contribution in [0.25, 0.3) is 0 Å². The molecule has 0 aliphatic carbocycles. The molecule has 10 heavy (non-hydrogen) atoms. The molecule has 0 aliphatic rings. The van der Waals surface area contributed by atoms with E-state index in [1.54, 1.807) is 6.07 Å². The molecule has 0 heterocycles. The fourth-order valence-corrected chi connectivity index (χ4v) is 0.788. The number of nitrogens with zero attached hydrogens (tertiary/aromatic N) is 1. The lowest BCUT2D eigenvalue weighted by Gasteiger charge is -1.92. The van der Waals surface area contributed by atoms with Gasteiger partial charge in [0.15, 0.2) is 0 Å². The summed E-state index contributed by atoms with van der Waals surface area (Å²) in [5, 5.41) is 8.49. The van der Waals surface area contributed by atoms with Crippen molar-refractivity contribution in [1.82, 2.24) is 0 Å². The first kappa shape index (κ1) is 6.89. The fourth-order valence-electron chi connectivity index (χ4n) is 0.788. The Morgan fingerprint density at radius 2 is 2.30 bits per heavy atom. The molecule has 0 saturated carbocycles. The van der Waals surface area contributed by atoms with Crippen LogP contribution in [0, 0.1) is 11.3 Å². The van der Waals surface area contributed by atoms with Crippen molar-refractivity contribution in [2.45, 2.75) is 6.82 Å². The zero-order chi connectivity index (χ0) is 7.40. The van der Waals surface area contributed by atoms with E-state index in [0.29, 0.717) is 0 Å². The van der Waals surface area contributed by atoms with E-state index in [1.165, 1.54) is 0 Å². The molecule has 2 heteroatoms. The van der Waals surface area contributed by atoms with Gasteiger partial charge >= 0.3 is 0 Å². The molecule has 0 aromatic heterocycles. The molecule has 0 atom stereocenters. The maximum absolute atomic E-state index is 8.49. The molecule has 1 aromatic rings. The van der Waals surface area contributed by atoms with Crippen LogP contribution in [0.15, 0.2) is 24.3 Å². The van der Waals surface area contributed by atoms with Crippen molar-refractivity contribution in [3.8, 4) is 6.07 Å². The normalized spacial score (nSPS) is 8.40. The van der Waals surface area contributed by atoms with Gasteiger partial charge in [-0.1, -0.05) is 30.5 Å². The average molecular weight is 128 g/mol. The van der Waals surface area contributed by atoms with Crippen LogP contribution in [0.4, 0.5) is 0 Å². The Labute approximate surface area is 61.5 Å². The van der Waals surface area contributed by atoms with E-state index < -0.39 is 0 Å². The first-order valence-electron chi connectivity index (χ1n) is 3.16. The monoisotopic (exact) mass is 128 g/mol. The second-order valence-electron chi connectivity index (χ2n) is 2.03. The van der Waals surface area contributed by atoms with Crippen molar-refractivity contribution in [1.29, 1.82) is 5.26 Å². The Bertz CT molecular complexity index is 262. The molecule has 0 amide bonds. The van der Waals surface area contributed by atoms with Gasteiger partial charge < -0.3 is 0 Å². The van der Waals surface area contributed by atoms with E-state index in [0.717, 1.165) is 11.0 Å². The van der Waals surface area contributed by atoms with Crippen LogP contribution in [0.2, 0.25) is 6.82 Å². The van der Waals surface area contributed by atoms with Gasteiger partial charge in [0, 0.05) is 0 Å². The number of hydrogen-bond donors (Lipinski definition) is 0. The first-order chi connectivity index (χ1) is 4.86. The lowest BCUT2D eigenvalue weighted by molar-refractivity contribution is 1.49. The summed E-state index contributed by atoms with van der Waals surface area (Å²) in [6.07, 6.45) is 0. The van der Waals surface area contributed by atoms with Crippen molar-refractivity contribution < 1.29 is 0 Å². The second kappa shape index (κ2) is 3.07. The van der Waals surface area contributed by atoms with Crippen molar-refractivity contribution in [2.75, 3.05) is 0 Å². The van der Waals surface area contributed by atoms with Crippen molar-refractivity contribution in [3.05, 3.63) is 29.8 Å². The largest absolute Gasteiger partial charge is 0.192 e. The van der Waals surface area contributed by atoms with E-state index in [-0.39, 0.29) is 0 Å². The molecule has 0 aliphatic heterocycles. The highest BCUT2D eigenvalue weighted by Gasteiger charge is 1.90. The third-order valence-electron chi connectivity index (χ3n) is 1.35. The summed E-state index contributed by atoms with van der Waals surface area (Å²) in [5.41, 5.74) is 1.81. The molecular formula is C8H7BN. The molecule has 0 unspecified atom stereocenters. The molecule has 1 nitrogen and oxygen atoms in total. The minimum atomic E-state index is 0.718. The van der Waals surface area contributed by atoms with Gasteiger partial charge in [0.1, 0.15) is 7.28 Å². The fraction of sp³-hybridized carbons (Fsp3) is 0.125. The van der Waals surface area contributed by atoms with Crippen LogP contribution in [0.1, 0.15) is 5.56 Å². The summed E-state index contributed by atoms with van der Waals surface area (Å²) >= 11 is 0. The molecule has 0 fully saturated rings. The van der Waals surface area contributed by atoms with Gasteiger partial charge in [-0.05, 0) is 6.07 Å². The third kappa shape index (κ3) is 1.38. The lowest BCUT2D eigenvalue weighted by atomic mass is 9.73. The topological polar surface area (TPSA) is 23.8 Å². The summed E-state index contributed by atoms with van der Waals surface area (Å²) in [5.74, 6) is 0. The summed E-state index contributed by atoms with van der Waals surface area (Å²) in [6.45, 7) is 1.95. The zero-order valence-corrected chi connectivity index (χ0v) is 5.83. The average Bonchev–Trinajstić information content (AvgIpc) is 2.05. The van der Waals surface area contributed by atoms with Gasteiger partial charge in [-0.25, -0.2) is 0 Å². The Kier molecular flexibility index (Phi) is 2.12. The Hall–Kier alpha value is -1.23. The second-order valence-corrected chi connectivity index (χ2v) is 2.03. The molecule has 0 spiro atoms. The van der Waals surface area contributed by atoms with E-state index in [9.17, 15) is 0 Å². The molecular weight excluding hydrogens is 121 g/mol. The minimum Gasteiger partial charge on any atom is -0.192 e. The van der Waals surface area contributed by atoms with Gasteiger partial charge in [0.2, 0.25) is 0 Å². The van der Waals surface area contributed by atoms with Crippen molar-refractivity contribution in [2.24, 2.45) is 0 Å². The van der Waals surface area contributed by atoms with Gasteiger partial charge in [-0.3, -0.25) is 0 Å². The molecule has 0 saturated heterocycles. The van der Waals surface area contributed by atoms with E-state index in [1.807, 2.05) is 32.3 Å². The van der Waals surface area contributed by atoms with Crippen molar-refractivity contribution >= 4 is 12.7 Å². The number of benzene rings is 1. The highest BCUT2D eigenvalue weighted by molar-refractivity contribution is 6.51. The minimum absolute atomic E-state index is 0.718.